The average molecular weight is 372 g/mol. The Balaban J connectivity index is 1.76. The molecule has 0 bridgehead atoms. The van der Waals surface area contributed by atoms with E-state index in [2.05, 4.69) is 4.74 Å². The van der Waals surface area contributed by atoms with Crippen molar-refractivity contribution < 1.29 is 23.4 Å². The van der Waals surface area contributed by atoms with Crippen molar-refractivity contribution in [2.75, 3.05) is 26.7 Å². The van der Waals surface area contributed by atoms with Crippen LogP contribution in [0.5, 0.6) is 11.5 Å². The zero-order chi connectivity index (χ0) is 18.2. The molecule has 1 N–H and O–H groups in total. The van der Waals surface area contributed by atoms with E-state index >= 15 is 0 Å². The summed E-state index contributed by atoms with van der Waals surface area (Å²) in [7, 11) is 1.86. The van der Waals surface area contributed by atoms with E-state index in [0.717, 1.165) is 0 Å². The number of aliphatic hydroxyl groups is 1. The van der Waals surface area contributed by atoms with E-state index in [0.29, 0.717) is 36.0 Å². The fourth-order valence-corrected chi connectivity index (χ4v) is 2.42. The molecule has 0 aliphatic rings. The number of ether oxygens (including phenoxy) is 2. The van der Waals surface area contributed by atoms with E-state index in [-0.39, 0.29) is 5.75 Å². The Kier molecular flexibility index (Phi) is 7.43. The minimum absolute atomic E-state index is 0.0641. The maximum absolute atomic E-state index is 12.1. The fraction of sp³-hybridized carbons (Fsp3) is 0.333. The standard InChI is InChI=1S/C18H20ClF2NO3/c1-22(9-10-24-16-4-2-3-14(19)11-16)12-17(23)13-5-7-15(8-6-13)25-18(20)21/h2-8,11,17-18,23H,9-10,12H2,1H3. The molecule has 0 radical (unpaired) electrons. The largest absolute Gasteiger partial charge is 0.492 e. The van der Waals surface area contributed by atoms with E-state index in [9.17, 15) is 13.9 Å². The highest BCUT2D eigenvalue weighted by Crippen LogP contribution is 2.20. The molecule has 4 nitrogen and oxygen atoms in total. The topological polar surface area (TPSA) is 41.9 Å². The molecule has 1 atom stereocenters. The van der Waals surface area contributed by atoms with Crippen molar-refractivity contribution in [3.8, 4) is 11.5 Å². The molecule has 2 aromatic rings. The van der Waals surface area contributed by atoms with E-state index in [4.69, 9.17) is 16.3 Å². The van der Waals surface area contributed by atoms with Crippen LogP contribution in [0.1, 0.15) is 11.7 Å². The van der Waals surface area contributed by atoms with Crippen LogP contribution in [0.2, 0.25) is 5.02 Å². The lowest BCUT2D eigenvalue weighted by Gasteiger charge is -2.21. The minimum atomic E-state index is -2.86. The second kappa shape index (κ2) is 9.56. The van der Waals surface area contributed by atoms with Gasteiger partial charge in [-0.1, -0.05) is 29.8 Å². The predicted octanol–water partition coefficient (Wildman–Crippen LogP) is 3.99. The lowest BCUT2D eigenvalue weighted by molar-refractivity contribution is -0.0498. The van der Waals surface area contributed by atoms with Gasteiger partial charge in [0.15, 0.2) is 0 Å². The van der Waals surface area contributed by atoms with Gasteiger partial charge >= 0.3 is 6.61 Å². The summed E-state index contributed by atoms with van der Waals surface area (Å²) in [6.45, 7) is -1.42. The third kappa shape index (κ3) is 6.86. The Morgan fingerprint density at radius 2 is 1.84 bits per heavy atom. The van der Waals surface area contributed by atoms with E-state index in [1.54, 1.807) is 24.3 Å². The van der Waals surface area contributed by atoms with E-state index in [1.165, 1.54) is 12.1 Å². The van der Waals surface area contributed by atoms with Crippen LogP contribution in [-0.2, 0) is 0 Å². The maximum Gasteiger partial charge on any atom is 0.387 e. The van der Waals surface area contributed by atoms with Crippen molar-refractivity contribution in [1.29, 1.82) is 0 Å². The van der Waals surface area contributed by atoms with Crippen molar-refractivity contribution in [2.24, 2.45) is 0 Å². The third-order valence-corrected chi connectivity index (χ3v) is 3.75. The normalized spacial score (nSPS) is 12.4. The van der Waals surface area contributed by atoms with Crippen LogP contribution in [-0.4, -0.2) is 43.4 Å². The first kappa shape index (κ1) is 19.4. The van der Waals surface area contributed by atoms with Crippen LogP contribution < -0.4 is 9.47 Å². The first-order valence-corrected chi connectivity index (χ1v) is 8.11. The number of nitrogens with zero attached hydrogens (tertiary/aromatic N) is 1. The molecule has 136 valence electrons. The number of hydrogen-bond acceptors (Lipinski definition) is 4. The van der Waals surface area contributed by atoms with Gasteiger partial charge in [0.2, 0.25) is 0 Å². The molecule has 0 aliphatic heterocycles. The van der Waals surface area contributed by atoms with Gasteiger partial charge in [0.05, 0.1) is 6.10 Å². The van der Waals surface area contributed by atoms with Crippen LogP contribution in [0.4, 0.5) is 8.78 Å². The molecular weight excluding hydrogens is 352 g/mol. The maximum atomic E-state index is 12.1. The predicted molar refractivity (Wildman–Crippen MR) is 92.5 cm³/mol. The number of benzene rings is 2. The van der Waals surface area contributed by atoms with E-state index in [1.807, 2.05) is 24.1 Å². The molecule has 25 heavy (non-hydrogen) atoms. The van der Waals surface area contributed by atoms with Gasteiger partial charge in [0.1, 0.15) is 18.1 Å². The Hall–Kier alpha value is -1.89. The molecule has 0 spiro atoms. The molecule has 0 fully saturated rings. The molecule has 0 amide bonds. The summed E-state index contributed by atoms with van der Waals surface area (Å²) < 4.78 is 34.1. The number of rotatable bonds is 9. The molecule has 0 aromatic heterocycles. The monoisotopic (exact) mass is 371 g/mol. The second-order valence-corrected chi connectivity index (χ2v) is 5.97. The number of halogens is 3. The number of aliphatic hydroxyl groups excluding tert-OH is 1. The first-order chi connectivity index (χ1) is 11.9. The lowest BCUT2D eigenvalue weighted by Crippen LogP contribution is -2.28. The lowest BCUT2D eigenvalue weighted by atomic mass is 10.1. The smallest absolute Gasteiger partial charge is 0.387 e. The van der Waals surface area contributed by atoms with Gasteiger partial charge in [-0.05, 0) is 42.9 Å². The van der Waals surface area contributed by atoms with Gasteiger partial charge in [-0.15, -0.1) is 0 Å². The quantitative estimate of drug-likeness (QED) is 0.723. The van der Waals surface area contributed by atoms with Crippen molar-refractivity contribution >= 4 is 11.6 Å². The molecule has 2 aromatic carbocycles. The van der Waals surface area contributed by atoms with Crippen molar-refractivity contribution in [1.82, 2.24) is 4.90 Å². The zero-order valence-electron chi connectivity index (χ0n) is 13.7. The summed E-state index contributed by atoms with van der Waals surface area (Å²) >= 11 is 5.89. The van der Waals surface area contributed by atoms with E-state index < -0.39 is 12.7 Å². The highest BCUT2D eigenvalue weighted by molar-refractivity contribution is 6.30. The zero-order valence-corrected chi connectivity index (χ0v) is 14.5. The average Bonchev–Trinajstić information content (AvgIpc) is 2.55. The Labute approximate surface area is 150 Å². The molecule has 2 rings (SSSR count). The summed E-state index contributed by atoms with van der Waals surface area (Å²) in [6, 6.07) is 13.1. The van der Waals surface area contributed by atoms with Crippen LogP contribution in [0, 0.1) is 0 Å². The minimum Gasteiger partial charge on any atom is -0.492 e. The second-order valence-electron chi connectivity index (χ2n) is 5.53. The third-order valence-electron chi connectivity index (χ3n) is 3.51. The molecular formula is C18H20ClF2NO3. The SMILES string of the molecule is CN(CCOc1cccc(Cl)c1)CC(O)c1ccc(OC(F)F)cc1. The van der Waals surface area contributed by atoms with Crippen molar-refractivity contribution in [3.05, 3.63) is 59.1 Å². The molecule has 1 unspecified atom stereocenters. The van der Waals surface area contributed by atoms with Crippen LogP contribution in [0.3, 0.4) is 0 Å². The fourth-order valence-electron chi connectivity index (χ4n) is 2.24. The molecule has 7 heteroatoms. The number of likely N-dealkylation sites (N-methyl/N-ethyl adjacent to an activating group) is 1. The van der Waals surface area contributed by atoms with Crippen LogP contribution >= 0.6 is 11.6 Å². The number of alkyl halides is 2. The molecule has 0 saturated heterocycles. The summed E-state index contributed by atoms with van der Waals surface area (Å²) in [5.41, 5.74) is 0.629. The molecule has 0 aliphatic carbocycles. The number of hydrogen-bond donors (Lipinski definition) is 1. The highest BCUT2D eigenvalue weighted by Gasteiger charge is 2.12. The summed E-state index contributed by atoms with van der Waals surface area (Å²) in [4.78, 5) is 1.92. The van der Waals surface area contributed by atoms with Crippen molar-refractivity contribution in [2.45, 2.75) is 12.7 Å². The summed E-state index contributed by atoms with van der Waals surface area (Å²) in [5, 5.41) is 10.8. The van der Waals surface area contributed by atoms with Crippen LogP contribution in [0.25, 0.3) is 0 Å². The molecule has 0 saturated carbocycles. The van der Waals surface area contributed by atoms with Gasteiger partial charge in [-0.3, -0.25) is 0 Å². The van der Waals surface area contributed by atoms with Gasteiger partial charge in [-0.25, -0.2) is 0 Å². The van der Waals surface area contributed by atoms with Gasteiger partial charge in [0.25, 0.3) is 0 Å². The van der Waals surface area contributed by atoms with Gasteiger partial charge < -0.3 is 19.5 Å². The summed E-state index contributed by atoms with van der Waals surface area (Å²) in [6.07, 6.45) is -0.739. The Morgan fingerprint density at radius 1 is 1.12 bits per heavy atom. The Bertz CT molecular complexity index is 655. The highest BCUT2D eigenvalue weighted by atomic mass is 35.5. The van der Waals surface area contributed by atoms with Crippen LogP contribution in [0.15, 0.2) is 48.5 Å². The summed E-state index contributed by atoms with van der Waals surface area (Å²) in [5.74, 6) is 0.755. The van der Waals surface area contributed by atoms with Gasteiger partial charge in [-0.2, -0.15) is 8.78 Å². The van der Waals surface area contributed by atoms with Gasteiger partial charge in [0, 0.05) is 18.1 Å². The Morgan fingerprint density at radius 3 is 2.48 bits per heavy atom. The molecule has 0 heterocycles. The van der Waals surface area contributed by atoms with Crippen molar-refractivity contribution in [3.63, 3.8) is 0 Å². The first-order valence-electron chi connectivity index (χ1n) is 7.74.